The second-order valence-electron chi connectivity index (χ2n) is 4.40. The minimum atomic E-state index is -0.0404. The van der Waals surface area contributed by atoms with Crippen molar-refractivity contribution in [1.29, 1.82) is 0 Å². The Bertz CT molecular complexity index is 155. The molecule has 13 heavy (non-hydrogen) atoms. The minimum absolute atomic E-state index is 0.0404. The molecule has 1 fully saturated rings. The maximum atomic E-state index is 5.28. The summed E-state index contributed by atoms with van der Waals surface area (Å²) in [6, 6.07) is 0. The van der Waals surface area contributed by atoms with E-state index in [1.807, 2.05) is 0 Å². The number of hydrogen-bond donors (Lipinski definition) is 1. The predicted molar refractivity (Wildman–Crippen MR) is 52.6 cm³/mol. The molecule has 0 amide bonds. The number of piperidine rings is 1. The van der Waals surface area contributed by atoms with E-state index >= 15 is 0 Å². The molecule has 1 atom stereocenters. The molecule has 1 aliphatic heterocycles. The van der Waals surface area contributed by atoms with Gasteiger partial charge in [-0.05, 0) is 33.2 Å². The Morgan fingerprint density at radius 1 is 1.31 bits per heavy atom. The minimum Gasteiger partial charge on any atom is -0.356 e. The summed E-state index contributed by atoms with van der Waals surface area (Å²) in [6.45, 7) is 5.50. The van der Waals surface area contributed by atoms with E-state index in [0.717, 1.165) is 19.4 Å². The third-order valence-electron chi connectivity index (χ3n) is 2.74. The predicted octanol–water partition coefficient (Wildman–Crippen LogP) is 1.38. The van der Waals surface area contributed by atoms with Crippen molar-refractivity contribution in [3.63, 3.8) is 0 Å². The van der Waals surface area contributed by atoms with Crippen LogP contribution in [0.15, 0.2) is 0 Å². The lowest BCUT2D eigenvalue weighted by molar-refractivity contribution is -0.147. The number of nitrogens with one attached hydrogen (secondary N) is 1. The van der Waals surface area contributed by atoms with Crippen molar-refractivity contribution in [2.75, 3.05) is 20.8 Å². The van der Waals surface area contributed by atoms with Gasteiger partial charge in [0.25, 0.3) is 0 Å². The van der Waals surface area contributed by atoms with Gasteiger partial charge in [-0.1, -0.05) is 0 Å². The highest BCUT2D eigenvalue weighted by molar-refractivity contribution is 4.87. The highest BCUT2D eigenvalue weighted by Crippen LogP contribution is 2.27. The van der Waals surface area contributed by atoms with E-state index in [9.17, 15) is 0 Å². The molecule has 1 aliphatic rings. The molecular weight excluding hydrogens is 166 g/mol. The van der Waals surface area contributed by atoms with Gasteiger partial charge in [0.1, 0.15) is 0 Å². The third kappa shape index (κ3) is 2.93. The Labute approximate surface area is 80.8 Å². The molecule has 1 heterocycles. The van der Waals surface area contributed by atoms with E-state index < -0.39 is 0 Å². The van der Waals surface area contributed by atoms with Crippen LogP contribution in [0.4, 0.5) is 0 Å². The van der Waals surface area contributed by atoms with Gasteiger partial charge in [-0.25, -0.2) is 0 Å². The van der Waals surface area contributed by atoms with E-state index in [4.69, 9.17) is 9.47 Å². The molecule has 3 nitrogen and oxygen atoms in total. The largest absolute Gasteiger partial charge is 0.356 e. The fourth-order valence-electron chi connectivity index (χ4n) is 2.14. The topological polar surface area (TPSA) is 30.5 Å². The molecule has 0 aromatic rings. The zero-order valence-corrected chi connectivity index (χ0v) is 9.09. The van der Waals surface area contributed by atoms with Gasteiger partial charge in [0, 0.05) is 25.7 Å². The SMILES string of the molecule is COC(OC)C1CCNC(C)(C)C1. The molecule has 1 saturated heterocycles. The number of rotatable bonds is 3. The van der Waals surface area contributed by atoms with E-state index in [2.05, 4.69) is 19.2 Å². The first-order valence-electron chi connectivity index (χ1n) is 4.89. The second-order valence-corrected chi connectivity index (χ2v) is 4.40. The number of ether oxygens (including phenoxy) is 2. The van der Waals surface area contributed by atoms with Gasteiger partial charge in [0.05, 0.1) is 0 Å². The maximum absolute atomic E-state index is 5.28. The molecule has 0 aliphatic carbocycles. The van der Waals surface area contributed by atoms with Crippen molar-refractivity contribution < 1.29 is 9.47 Å². The van der Waals surface area contributed by atoms with Gasteiger partial charge < -0.3 is 14.8 Å². The van der Waals surface area contributed by atoms with Crippen LogP contribution < -0.4 is 5.32 Å². The van der Waals surface area contributed by atoms with Crippen molar-refractivity contribution in [2.45, 2.75) is 38.5 Å². The molecule has 0 aromatic heterocycles. The van der Waals surface area contributed by atoms with Gasteiger partial charge in [-0.3, -0.25) is 0 Å². The van der Waals surface area contributed by atoms with Crippen LogP contribution in [0.25, 0.3) is 0 Å². The van der Waals surface area contributed by atoms with Gasteiger partial charge in [-0.2, -0.15) is 0 Å². The normalized spacial score (nSPS) is 27.9. The van der Waals surface area contributed by atoms with Crippen molar-refractivity contribution in [3.8, 4) is 0 Å². The highest BCUT2D eigenvalue weighted by Gasteiger charge is 2.32. The Kier molecular flexibility index (Phi) is 3.71. The number of hydrogen-bond acceptors (Lipinski definition) is 3. The van der Waals surface area contributed by atoms with Crippen LogP contribution in [-0.4, -0.2) is 32.6 Å². The summed E-state index contributed by atoms with van der Waals surface area (Å²) in [5, 5.41) is 3.48. The first-order chi connectivity index (χ1) is 6.09. The summed E-state index contributed by atoms with van der Waals surface area (Å²) in [6.07, 6.45) is 2.20. The van der Waals surface area contributed by atoms with Gasteiger partial charge in [0.2, 0.25) is 0 Å². The average Bonchev–Trinajstić information content (AvgIpc) is 2.05. The molecule has 1 N–H and O–H groups in total. The fraction of sp³-hybridized carbons (Fsp3) is 1.00. The maximum Gasteiger partial charge on any atom is 0.159 e. The van der Waals surface area contributed by atoms with Crippen LogP contribution in [0, 0.1) is 5.92 Å². The Balaban J connectivity index is 2.50. The first-order valence-corrected chi connectivity index (χ1v) is 4.89. The van der Waals surface area contributed by atoms with Crippen LogP contribution in [0.1, 0.15) is 26.7 Å². The van der Waals surface area contributed by atoms with Gasteiger partial charge in [0.15, 0.2) is 6.29 Å². The highest BCUT2D eigenvalue weighted by atomic mass is 16.7. The Morgan fingerprint density at radius 3 is 2.38 bits per heavy atom. The van der Waals surface area contributed by atoms with Crippen LogP contribution in [-0.2, 0) is 9.47 Å². The van der Waals surface area contributed by atoms with Crippen LogP contribution in [0.3, 0.4) is 0 Å². The Morgan fingerprint density at radius 2 is 1.92 bits per heavy atom. The zero-order chi connectivity index (χ0) is 9.90. The van der Waals surface area contributed by atoms with Crippen molar-refractivity contribution in [2.24, 2.45) is 5.92 Å². The molecule has 0 spiro atoms. The monoisotopic (exact) mass is 187 g/mol. The number of methoxy groups -OCH3 is 2. The molecule has 0 radical (unpaired) electrons. The van der Waals surface area contributed by atoms with Crippen molar-refractivity contribution in [1.82, 2.24) is 5.32 Å². The first kappa shape index (κ1) is 11.0. The van der Waals surface area contributed by atoms with E-state index in [1.54, 1.807) is 14.2 Å². The summed E-state index contributed by atoms with van der Waals surface area (Å²) < 4.78 is 10.6. The summed E-state index contributed by atoms with van der Waals surface area (Å²) >= 11 is 0. The molecule has 1 rings (SSSR count). The molecule has 3 heteroatoms. The molecule has 0 aromatic carbocycles. The van der Waals surface area contributed by atoms with Crippen molar-refractivity contribution in [3.05, 3.63) is 0 Å². The van der Waals surface area contributed by atoms with E-state index in [1.165, 1.54) is 0 Å². The quantitative estimate of drug-likeness (QED) is 0.677. The smallest absolute Gasteiger partial charge is 0.159 e. The Hall–Kier alpha value is -0.120. The lowest BCUT2D eigenvalue weighted by Gasteiger charge is -2.38. The summed E-state index contributed by atoms with van der Waals surface area (Å²) in [5.41, 5.74) is 0.220. The lowest BCUT2D eigenvalue weighted by Crippen LogP contribution is -2.49. The van der Waals surface area contributed by atoms with E-state index in [0.29, 0.717) is 5.92 Å². The van der Waals surface area contributed by atoms with Crippen LogP contribution in [0.5, 0.6) is 0 Å². The van der Waals surface area contributed by atoms with Crippen LogP contribution in [0.2, 0.25) is 0 Å². The van der Waals surface area contributed by atoms with Crippen molar-refractivity contribution >= 4 is 0 Å². The summed E-state index contributed by atoms with van der Waals surface area (Å²) in [7, 11) is 3.42. The van der Waals surface area contributed by atoms with Crippen LogP contribution >= 0.6 is 0 Å². The van der Waals surface area contributed by atoms with E-state index in [-0.39, 0.29) is 11.8 Å². The fourth-order valence-corrected chi connectivity index (χ4v) is 2.14. The molecular formula is C10H21NO2. The molecule has 1 unspecified atom stereocenters. The van der Waals surface area contributed by atoms with Gasteiger partial charge >= 0.3 is 0 Å². The summed E-state index contributed by atoms with van der Waals surface area (Å²) in [5.74, 6) is 0.520. The zero-order valence-electron chi connectivity index (χ0n) is 9.09. The third-order valence-corrected chi connectivity index (χ3v) is 2.74. The average molecular weight is 187 g/mol. The molecule has 0 saturated carbocycles. The summed E-state index contributed by atoms with van der Waals surface area (Å²) in [4.78, 5) is 0. The standard InChI is InChI=1S/C10H21NO2/c1-10(2)7-8(5-6-11-10)9(12-3)13-4/h8-9,11H,5-7H2,1-4H3. The molecule has 0 bridgehead atoms. The van der Waals surface area contributed by atoms with Gasteiger partial charge in [-0.15, -0.1) is 0 Å². The molecule has 78 valence electrons. The second kappa shape index (κ2) is 4.40. The lowest BCUT2D eigenvalue weighted by atomic mass is 9.84.